The highest BCUT2D eigenvalue weighted by atomic mass is 16.4. The van der Waals surface area contributed by atoms with Gasteiger partial charge in [-0.3, -0.25) is 9.88 Å². The fourth-order valence-electron chi connectivity index (χ4n) is 1.99. The van der Waals surface area contributed by atoms with Crippen LogP contribution in [0.3, 0.4) is 0 Å². The number of hydrogen-bond donors (Lipinski definition) is 2. The van der Waals surface area contributed by atoms with E-state index >= 15 is 0 Å². The molecule has 2 rings (SSSR count). The Hall–Kier alpha value is -2.65. The van der Waals surface area contributed by atoms with E-state index in [0.717, 1.165) is 12.1 Å². The number of carboxylic acid groups (broad SMARTS) is 2. The SMILES string of the molecule is C#Cc1cncc(CN2CCCC2)c1.O=C(O)/C=C/C(=O)O. The van der Waals surface area contributed by atoms with Gasteiger partial charge in [0.05, 0.1) is 0 Å². The van der Waals surface area contributed by atoms with Crippen molar-refractivity contribution in [1.29, 1.82) is 0 Å². The molecule has 0 aromatic carbocycles. The molecular formula is C16H18N2O4. The summed E-state index contributed by atoms with van der Waals surface area (Å²) < 4.78 is 0. The average Bonchev–Trinajstić information content (AvgIpc) is 2.99. The lowest BCUT2D eigenvalue weighted by Gasteiger charge is -2.13. The van der Waals surface area contributed by atoms with Crippen LogP contribution in [0.15, 0.2) is 30.6 Å². The second kappa shape index (κ2) is 9.32. The average molecular weight is 302 g/mol. The number of aromatic nitrogens is 1. The Bertz CT molecular complexity index is 568. The van der Waals surface area contributed by atoms with Crippen LogP contribution in [-0.2, 0) is 16.1 Å². The Morgan fingerprint density at radius 1 is 1.23 bits per heavy atom. The minimum absolute atomic E-state index is 0.558. The fraction of sp³-hybridized carbons (Fsp3) is 0.312. The smallest absolute Gasteiger partial charge is 0.328 e. The highest BCUT2D eigenvalue weighted by molar-refractivity contribution is 5.89. The lowest BCUT2D eigenvalue weighted by atomic mass is 10.2. The van der Waals surface area contributed by atoms with Crippen LogP contribution < -0.4 is 0 Å². The number of terminal acetylenes is 1. The van der Waals surface area contributed by atoms with Gasteiger partial charge in [0.1, 0.15) is 0 Å². The van der Waals surface area contributed by atoms with Crippen LogP contribution in [0.25, 0.3) is 0 Å². The summed E-state index contributed by atoms with van der Waals surface area (Å²) in [5, 5.41) is 15.6. The van der Waals surface area contributed by atoms with Gasteiger partial charge in [-0.1, -0.05) is 5.92 Å². The molecule has 1 saturated heterocycles. The Labute approximate surface area is 129 Å². The number of rotatable bonds is 4. The van der Waals surface area contributed by atoms with Gasteiger partial charge in [0.25, 0.3) is 0 Å². The summed E-state index contributed by atoms with van der Waals surface area (Å²) in [7, 11) is 0. The molecule has 0 amide bonds. The van der Waals surface area contributed by atoms with E-state index in [1.165, 1.54) is 31.5 Å². The molecule has 2 heterocycles. The molecule has 1 aromatic rings. The molecule has 0 bridgehead atoms. The minimum Gasteiger partial charge on any atom is -0.478 e. The summed E-state index contributed by atoms with van der Waals surface area (Å²) in [4.78, 5) is 25.7. The van der Waals surface area contributed by atoms with Crippen LogP contribution >= 0.6 is 0 Å². The van der Waals surface area contributed by atoms with Gasteiger partial charge in [0.2, 0.25) is 0 Å². The molecular weight excluding hydrogens is 284 g/mol. The second-order valence-corrected chi connectivity index (χ2v) is 4.72. The largest absolute Gasteiger partial charge is 0.478 e. The van der Waals surface area contributed by atoms with E-state index in [1.54, 1.807) is 6.20 Å². The predicted molar refractivity (Wildman–Crippen MR) is 81.1 cm³/mol. The normalized spacial score (nSPS) is 14.1. The molecule has 2 N–H and O–H groups in total. The van der Waals surface area contributed by atoms with Crippen LogP contribution in [0.4, 0.5) is 0 Å². The van der Waals surface area contributed by atoms with Crippen LogP contribution in [0.5, 0.6) is 0 Å². The van der Waals surface area contributed by atoms with E-state index in [4.69, 9.17) is 16.6 Å². The third-order valence-electron chi connectivity index (χ3n) is 2.93. The van der Waals surface area contributed by atoms with Crippen LogP contribution in [0.2, 0.25) is 0 Å². The number of hydrogen-bond acceptors (Lipinski definition) is 4. The topological polar surface area (TPSA) is 90.7 Å². The minimum atomic E-state index is -1.26. The monoisotopic (exact) mass is 302 g/mol. The summed E-state index contributed by atoms with van der Waals surface area (Å²) in [6.45, 7) is 3.41. The number of nitrogens with zero attached hydrogens (tertiary/aromatic N) is 2. The highest BCUT2D eigenvalue weighted by Gasteiger charge is 2.11. The molecule has 1 aliphatic rings. The van der Waals surface area contributed by atoms with Gasteiger partial charge in [0.15, 0.2) is 0 Å². The van der Waals surface area contributed by atoms with E-state index in [9.17, 15) is 9.59 Å². The zero-order valence-corrected chi connectivity index (χ0v) is 12.1. The molecule has 22 heavy (non-hydrogen) atoms. The van der Waals surface area contributed by atoms with Gasteiger partial charge < -0.3 is 10.2 Å². The summed E-state index contributed by atoms with van der Waals surface area (Å²) in [5.74, 6) is 0.0972. The summed E-state index contributed by atoms with van der Waals surface area (Å²) in [5.41, 5.74) is 2.10. The lowest BCUT2D eigenvalue weighted by Crippen LogP contribution is -2.18. The van der Waals surface area contributed by atoms with Gasteiger partial charge in [-0.25, -0.2) is 9.59 Å². The number of pyridine rings is 1. The van der Waals surface area contributed by atoms with Crippen LogP contribution in [0, 0.1) is 12.3 Å². The molecule has 0 aliphatic carbocycles. The van der Waals surface area contributed by atoms with Crippen molar-refractivity contribution in [3.05, 3.63) is 41.7 Å². The first kappa shape index (κ1) is 17.4. The Kier molecular flexibility index (Phi) is 7.37. The van der Waals surface area contributed by atoms with Crippen molar-refractivity contribution in [2.75, 3.05) is 13.1 Å². The molecule has 0 radical (unpaired) electrons. The van der Waals surface area contributed by atoms with Crippen molar-refractivity contribution in [3.8, 4) is 12.3 Å². The van der Waals surface area contributed by atoms with Gasteiger partial charge >= 0.3 is 11.9 Å². The van der Waals surface area contributed by atoms with Gasteiger partial charge in [0, 0.05) is 36.7 Å². The van der Waals surface area contributed by atoms with E-state index in [1.807, 2.05) is 12.3 Å². The first-order valence-electron chi connectivity index (χ1n) is 6.78. The molecule has 1 aliphatic heterocycles. The Morgan fingerprint density at radius 3 is 2.32 bits per heavy atom. The van der Waals surface area contributed by atoms with Crippen molar-refractivity contribution >= 4 is 11.9 Å². The molecule has 6 heteroatoms. The maximum Gasteiger partial charge on any atom is 0.328 e. The molecule has 1 aromatic heterocycles. The molecule has 1 fully saturated rings. The van der Waals surface area contributed by atoms with E-state index in [-0.39, 0.29) is 0 Å². The van der Waals surface area contributed by atoms with Gasteiger partial charge in [-0.2, -0.15) is 0 Å². The van der Waals surface area contributed by atoms with Gasteiger partial charge in [-0.05, 0) is 37.6 Å². The summed E-state index contributed by atoms with van der Waals surface area (Å²) in [6.07, 6.45) is 12.7. The zero-order chi connectivity index (χ0) is 16.4. The van der Waals surface area contributed by atoms with Gasteiger partial charge in [-0.15, -0.1) is 6.42 Å². The van der Waals surface area contributed by atoms with E-state index in [0.29, 0.717) is 12.2 Å². The number of likely N-dealkylation sites (tertiary alicyclic amines) is 1. The lowest BCUT2D eigenvalue weighted by molar-refractivity contribution is -0.134. The molecule has 116 valence electrons. The molecule has 0 atom stereocenters. The van der Waals surface area contributed by atoms with Crippen LogP contribution in [0.1, 0.15) is 24.0 Å². The first-order chi connectivity index (χ1) is 10.5. The number of aliphatic carboxylic acids is 2. The third kappa shape index (κ3) is 7.22. The first-order valence-corrected chi connectivity index (χ1v) is 6.78. The van der Waals surface area contributed by atoms with Crippen molar-refractivity contribution in [3.63, 3.8) is 0 Å². The standard InChI is InChI=1S/C12H14N2.C4H4O4/c1-2-11-7-12(9-13-8-11)10-14-5-3-4-6-14;5-3(6)1-2-4(7)8/h1,7-9H,3-6,10H2;1-2H,(H,5,6)(H,7,8)/b;2-1+. The Morgan fingerprint density at radius 2 is 1.82 bits per heavy atom. The van der Waals surface area contributed by atoms with Crippen molar-refractivity contribution in [1.82, 2.24) is 9.88 Å². The summed E-state index contributed by atoms with van der Waals surface area (Å²) in [6, 6.07) is 2.05. The number of carbonyl (C=O) groups is 2. The van der Waals surface area contributed by atoms with E-state index < -0.39 is 11.9 Å². The predicted octanol–water partition coefficient (Wildman–Crippen LogP) is 1.37. The maximum absolute atomic E-state index is 9.55. The molecule has 0 spiro atoms. The second-order valence-electron chi connectivity index (χ2n) is 4.72. The number of carboxylic acids is 2. The van der Waals surface area contributed by atoms with E-state index in [2.05, 4.69) is 15.8 Å². The van der Waals surface area contributed by atoms with Crippen molar-refractivity contribution in [2.45, 2.75) is 19.4 Å². The summed E-state index contributed by atoms with van der Waals surface area (Å²) >= 11 is 0. The molecule has 6 nitrogen and oxygen atoms in total. The van der Waals surface area contributed by atoms with Crippen molar-refractivity contribution in [2.24, 2.45) is 0 Å². The van der Waals surface area contributed by atoms with Crippen molar-refractivity contribution < 1.29 is 19.8 Å². The van der Waals surface area contributed by atoms with Crippen LogP contribution in [-0.4, -0.2) is 45.1 Å². The zero-order valence-electron chi connectivity index (χ0n) is 12.1. The molecule has 0 unspecified atom stereocenters. The molecule has 0 saturated carbocycles. The maximum atomic E-state index is 9.55. The quantitative estimate of drug-likeness (QED) is 0.645. The fourth-order valence-corrected chi connectivity index (χ4v) is 1.99. The highest BCUT2D eigenvalue weighted by Crippen LogP contribution is 2.12. The Balaban J connectivity index is 0.000000261. The third-order valence-corrected chi connectivity index (χ3v) is 2.93.